The van der Waals surface area contributed by atoms with E-state index < -0.39 is 12.1 Å². The van der Waals surface area contributed by atoms with Crippen LogP contribution in [0.5, 0.6) is 11.5 Å². The van der Waals surface area contributed by atoms with Gasteiger partial charge in [0.2, 0.25) is 11.8 Å². The van der Waals surface area contributed by atoms with Crippen LogP contribution in [-0.2, 0) is 16.0 Å². The number of methoxy groups -OCH3 is 2. The second kappa shape index (κ2) is 9.62. The van der Waals surface area contributed by atoms with Gasteiger partial charge in [0.05, 0.1) is 20.8 Å². The quantitative estimate of drug-likeness (QED) is 0.487. The number of aromatic amines is 1. The zero-order chi connectivity index (χ0) is 24.5. The number of aliphatic hydroxyl groups excluding tert-OH is 1. The van der Waals surface area contributed by atoms with E-state index in [1.165, 1.54) is 0 Å². The lowest BCUT2D eigenvalue weighted by molar-refractivity contribution is -0.158. The van der Waals surface area contributed by atoms with Gasteiger partial charge in [0.1, 0.15) is 23.6 Å². The van der Waals surface area contributed by atoms with Crippen molar-refractivity contribution in [3.05, 3.63) is 59.3 Å². The number of nitrogens with zero attached hydrogens (tertiary/aromatic N) is 2. The van der Waals surface area contributed by atoms with Gasteiger partial charge < -0.3 is 29.4 Å². The normalized spacial score (nSPS) is 19.6. The highest BCUT2D eigenvalue weighted by Crippen LogP contribution is 2.45. The molecule has 2 atom stereocenters. The van der Waals surface area contributed by atoms with Crippen molar-refractivity contribution in [3.8, 4) is 11.5 Å². The molecule has 8 heteroatoms. The number of para-hydroxylation sites is 1. The summed E-state index contributed by atoms with van der Waals surface area (Å²) in [7, 11) is 3.21. The molecule has 2 aromatic carbocycles. The molecular weight excluding hydrogens is 446 g/mol. The van der Waals surface area contributed by atoms with E-state index in [1.54, 1.807) is 24.0 Å². The smallest absolute Gasteiger partial charge is 0.246 e. The number of carbonyl (C=O) groups is 2. The second-order valence-electron chi connectivity index (χ2n) is 9.14. The van der Waals surface area contributed by atoms with E-state index in [1.807, 2.05) is 36.4 Å². The average molecular weight is 478 g/mol. The Bertz CT molecular complexity index is 1250. The first-order valence-electron chi connectivity index (χ1n) is 12.1. The summed E-state index contributed by atoms with van der Waals surface area (Å²) < 4.78 is 11.2. The molecule has 0 bridgehead atoms. The molecule has 0 aliphatic carbocycles. The molecule has 35 heavy (non-hydrogen) atoms. The molecule has 0 radical (unpaired) electrons. The highest BCUT2D eigenvalue weighted by Gasteiger charge is 2.48. The zero-order valence-corrected chi connectivity index (χ0v) is 20.1. The van der Waals surface area contributed by atoms with Crippen molar-refractivity contribution in [2.45, 2.75) is 37.8 Å². The third-order valence-electron chi connectivity index (χ3n) is 7.16. The highest BCUT2D eigenvalue weighted by molar-refractivity contribution is 5.97. The van der Waals surface area contributed by atoms with Crippen LogP contribution in [0.4, 0.5) is 0 Å². The third kappa shape index (κ3) is 4.01. The van der Waals surface area contributed by atoms with E-state index in [4.69, 9.17) is 14.6 Å². The predicted molar refractivity (Wildman–Crippen MR) is 132 cm³/mol. The number of hydrogen-bond acceptors (Lipinski definition) is 5. The number of piperazine rings is 1. The number of H-pyrrole nitrogens is 1. The van der Waals surface area contributed by atoms with Crippen LogP contribution in [0.3, 0.4) is 0 Å². The number of benzene rings is 2. The van der Waals surface area contributed by atoms with E-state index in [0.29, 0.717) is 30.9 Å². The number of rotatable bonds is 8. The van der Waals surface area contributed by atoms with Gasteiger partial charge in [0.25, 0.3) is 0 Å². The van der Waals surface area contributed by atoms with E-state index in [9.17, 15) is 9.59 Å². The molecule has 1 fully saturated rings. The molecule has 3 aromatic rings. The summed E-state index contributed by atoms with van der Waals surface area (Å²) in [5, 5.41) is 10.1. The number of fused-ring (bicyclic) bond motifs is 4. The van der Waals surface area contributed by atoms with Gasteiger partial charge in [-0.1, -0.05) is 18.2 Å². The number of amides is 2. The Morgan fingerprint density at radius 2 is 1.89 bits per heavy atom. The van der Waals surface area contributed by atoms with Gasteiger partial charge >= 0.3 is 0 Å². The van der Waals surface area contributed by atoms with Crippen LogP contribution in [-0.4, -0.2) is 71.7 Å². The molecule has 1 saturated heterocycles. The molecular formula is C27H31N3O5. The lowest BCUT2D eigenvalue weighted by atomic mass is 9.85. The number of hydrogen-bond donors (Lipinski definition) is 2. The monoisotopic (exact) mass is 477 g/mol. The summed E-state index contributed by atoms with van der Waals surface area (Å²) in [5.74, 6) is 1.17. The standard InChI is InChI=1S/C27H31N3O5/c1-34-17-10-11-23(35-2)20(14-17)26-25-19(18-8-4-5-9-21(18)28-25)15-22-27(33)29(12-6-3-7-13-31)16-24(32)30(22)26/h4-5,8-11,14,22,26,28,31H,3,6-7,12-13,15-16H2,1-2H3/t22-,26-/m0/s1. The van der Waals surface area contributed by atoms with E-state index in [-0.39, 0.29) is 25.0 Å². The number of aliphatic hydroxyl groups is 1. The van der Waals surface area contributed by atoms with Crippen LogP contribution in [0.15, 0.2) is 42.5 Å². The Hall–Kier alpha value is -3.52. The van der Waals surface area contributed by atoms with Crippen molar-refractivity contribution < 1.29 is 24.2 Å². The van der Waals surface area contributed by atoms with Crippen LogP contribution in [0, 0.1) is 0 Å². The molecule has 0 saturated carbocycles. The molecule has 2 aliphatic rings. The summed E-state index contributed by atoms with van der Waals surface area (Å²) in [6.45, 7) is 0.701. The van der Waals surface area contributed by atoms with Crippen molar-refractivity contribution in [3.63, 3.8) is 0 Å². The summed E-state index contributed by atoms with van der Waals surface area (Å²) >= 11 is 0. The van der Waals surface area contributed by atoms with Crippen molar-refractivity contribution in [1.29, 1.82) is 0 Å². The van der Waals surface area contributed by atoms with Gasteiger partial charge in [-0.2, -0.15) is 0 Å². The fraction of sp³-hybridized carbons (Fsp3) is 0.407. The zero-order valence-electron chi connectivity index (χ0n) is 20.1. The Labute approximate surface area is 204 Å². The molecule has 2 amide bonds. The highest BCUT2D eigenvalue weighted by atomic mass is 16.5. The first-order chi connectivity index (χ1) is 17.1. The molecule has 8 nitrogen and oxygen atoms in total. The number of carbonyl (C=O) groups excluding carboxylic acids is 2. The molecule has 2 aliphatic heterocycles. The molecule has 3 heterocycles. The van der Waals surface area contributed by atoms with Crippen LogP contribution in [0.1, 0.15) is 42.1 Å². The molecule has 1 aromatic heterocycles. The van der Waals surface area contributed by atoms with Crippen LogP contribution in [0.2, 0.25) is 0 Å². The third-order valence-corrected chi connectivity index (χ3v) is 7.16. The topological polar surface area (TPSA) is 95.1 Å². The molecule has 0 spiro atoms. The van der Waals surface area contributed by atoms with Gasteiger partial charge in [-0.05, 0) is 49.1 Å². The SMILES string of the molecule is COc1ccc(OC)c([C@H]2c3[nH]c4ccccc4c3C[C@H]3C(=O)N(CCCCCO)CC(=O)N23)c1. The van der Waals surface area contributed by atoms with Crippen LogP contribution < -0.4 is 9.47 Å². The molecule has 5 rings (SSSR count). The first-order valence-corrected chi connectivity index (χ1v) is 12.1. The van der Waals surface area contributed by atoms with Crippen molar-refractivity contribution in [2.24, 2.45) is 0 Å². The lowest BCUT2D eigenvalue weighted by Gasteiger charge is -2.47. The summed E-state index contributed by atoms with van der Waals surface area (Å²) in [6, 6.07) is 12.5. The van der Waals surface area contributed by atoms with E-state index in [0.717, 1.165) is 40.6 Å². The molecule has 0 unspecified atom stereocenters. The van der Waals surface area contributed by atoms with Crippen LogP contribution in [0.25, 0.3) is 10.9 Å². The van der Waals surface area contributed by atoms with Crippen molar-refractivity contribution in [2.75, 3.05) is 33.9 Å². The molecule has 184 valence electrons. The van der Waals surface area contributed by atoms with Crippen LogP contribution >= 0.6 is 0 Å². The van der Waals surface area contributed by atoms with Crippen molar-refractivity contribution >= 4 is 22.7 Å². The summed E-state index contributed by atoms with van der Waals surface area (Å²) in [6.07, 6.45) is 2.73. The second-order valence-corrected chi connectivity index (χ2v) is 9.14. The average Bonchev–Trinajstić information content (AvgIpc) is 3.26. The van der Waals surface area contributed by atoms with Gasteiger partial charge in [-0.15, -0.1) is 0 Å². The summed E-state index contributed by atoms with van der Waals surface area (Å²) in [5.41, 5.74) is 3.72. The van der Waals surface area contributed by atoms with E-state index in [2.05, 4.69) is 11.1 Å². The Kier molecular flexibility index (Phi) is 6.38. The number of ether oxygens (including phenoxy) is 2. The minimum Gasteiger partial charge on any atom is -0.497 e. The van der Waals surface area contributed by atoms with E-state index >= 15 is 0 Å². The largest absolute Gasteiger partial charge is 0.497 e. The molecule has 2 N–H and O–H groups in total. The number of unbranched alkanes of at least 4 members (excludes halogenated alkanes) is 2. The Morgan fingerprint density at radius 1 is 1.06 bits per heavy atom. The minimum absolute atomic E-state index is 0.0311. The number of nitrogens with one attached hydrogen (secondary N) is 1. The number of aromatic nitrogens is 1. The maximum absolute atomic E-state index is 13.7. The Balaban J connectivity index is 1.62. The summed E-state index contributed by atoms with van der Waals surface area (Å²) in [4.78, 5) is 34.3. The fourth-order valence-electron chi connectivity index (χ4n) is 5.48. The minimum atomic E-state index is -0.596. The lowest BCUT2D eigenvalue weighted by Crippen LogP contribution is -2.63. The first kappa shape index (κ1) is 23.2. The Morgan fingerprint density at radius 3 is 2.66 bits per heavy atom. The van der Waals surface area contributed by atoms with Gasteiger partial charge in [-0.3, -0.25) is 9.59 Å². The van der Waals surface area contributed by atoms with Gasteiger partial charge in [0.15, 0.2) is 0 Å². The maximum Gasteiger partial charge on any atom is 0.246 e. The fourth-order valence-corrected chi connectivity index (χ4v) is 5.48. The van der Waals surface area contributed by atoms with Crippen molar-refractivity contribution in [1.82, 2.24) is 14.8 Å². The van der Waals surface area contributed by atoms with Gasteiger partial charge in [-0.25, -0.2) is 0 Å². The van der Waals surface area contributed by atoms with Gasteiger partial charge in [0, 0.05) is 41.7 Å². The predicted octanol–water partition coefficient (Wildman–Crippen LogP) is 3.03. The maximum atomic E-state index is 13.7.